The zero-order chi connectivity index (χ0) is 24.4. The number of fused-ring (bicyclic) bond motifs is 3. The molecule has 5 rings (SSSR count). The van der Waals surface area contributed by atoms with Gasteiger partial charge in [0.15, 0.2) is 0 Å². The first-order valence-corrected chi connectivity index (χ1v) is 12.2. The van der Waals surface area contributed by atoms with E-state index in [2.05, 4.69) is 20.1 Å². The highest BCUT2D eigenvalue weighted by molar-refractivity contribution is 5.82. The normalized spacial score (nSPS) is 21.8. The fourth-order valence-electron chi connectivity index (χ4n) is 5.51. The van der Waals surface area contributed by atoms with Gasteiger partial charge >= 0.3 is 0 Å². The van der Waals surface area contributed by atoms with Gasteiger partial charge in [-0.3, -0.25) is 29.6 Å². The number of carbonyl (C=O) groups is 2. The summed E-state index contributed by atoms with van der Waals surface area (Å²) in [7, 11) is 0. The number of rotatable bonds is 6. The molecule has 0 spiro atoms. The standard InChI is InChI=1S/C25H30N6O4/c32-24(29-8-1-2-9-29)17-28-10-11-30-22-6-5-20(31(34)35)12-19(22)13-21(23(30)16-28)25(33)27-15-18-4-3-7-26-14-18/h3-7,12,14,21,23H,1-2,8-11,13,15-17H2,(H,27,33)/t21-,23-/m1/s1. The fourth-order valence-corrected chi connectivity index (χ4v) is 5.51. The molecule has 3 aliphatic heterocycles. The summed E-state index contributed by atoms with van der Waals surface area (Å²) < 4.78 is 0. The Kier molecular flexibility index (Phi) is 6.63. The van der Waals surface area contributed by atoms with E-state index in [-0.39, 0.29) is 29.5 Å². The van der Waals surface area contributed by atoms with Crippen molar-refractivity contribution in [2.24, 2.45) is 5.92 Å². The number of amides is 2. The Morgan fingerprint density at radius 2 is 1.97 bits per heavy atom. The third kappa shape index (κ3) is 4.97. The van der Waals surface area contributed by atoms with Crippen LogP contribution in [0.1, 0.15) is 24.0 Å². The smallest absolute Gasteiger partial charge is 0.269 e. The zero-order valence-electron chi connectivity index (χ0n) is 19.6. The lowest BCUT2D eigenvalue weighted by Crippen LogP contribution is -2.62. The van der Waals surface area contributed by atoms with E-state index in [1.807, 2.05) is 17.0 Å². The minimum atomic E-state index is -0.397. The Bertz CT molecular complexity index is 1100. The van der Waals surface area contributed by atoms with Gasteiger partial charge in [0, 0.05) is 69.5 Å². The highest BCUT2D eigenvalue weighted by Crippen LogP contribution is 2.38. The largest absolute Gasteiger partial charge is 0.365 e. The van der Waals surface area contributed by atoms with Gasteiger partial charge in [0.2, 0.25) is 11.8 Å². The van der Waals surface area contributed by atoms with Crippen LogP contribution in [0.25, 0.3) is 0 Å². The molecule has 184 valence electrons. The lowest BCUT2D eigenvalue weighted by molar-refractivity contribution is -0.384. The van der Waals surface area contributed by atoms with Gasteiger partial charge in [-0.15, -0.1) is 0 Å². The molecule has 4 heterocycles. The molecule has 10 nitrogen and oxygen atoms in total. The van der Waals surface area contributed by atoms with Gasteiger partial charge < -0.3 is 15.1 Å². The number of nitrogens with one attached hydrogen (secondary N) is 1. The van der Waals surface area contributed by atoms with Crippen molar-refractivity contribution in [1.82, 2.24) is 20.1 Å². The van der Waals surface area contributed by atoms with Crippen LogP contribution in [-0.4, -0.2) is 76.8 Å². The molecular weight excluding hydrogens is 448 g/mol. The summed E-state index contributed by atoms with van der Waals surface area (Å²) >= 11 is 0. The molecule has 2 amide bonds. The van der Waals surface area contributed by atoms with Gasteiger partial charge in [0.25, 0.3) is 5.69 Å². The maximum Gasteiger partial charge on any atom is 0.269 e. The van der Waals surface area contributed by atoms with Crippen LogP contribution < -0.4 is 10.2 Å². The van der Waals surface area contributed by atoms with Crippen molar-refractivity contribution in [1.29, 1.82) is 0 Å². The van der Waals surface area contributed by atoms with Gasteiger partial charge in [-0.05, 0) is 42.5 Å². The summed E-state index contributed by atoms with van der Waals surface area (Å²) in [5.41, 5.74) is 2.71. The van der Waals surface area contributed by atoms with Gasteiger partial charge in [0.1, 0.15) is 0 Å². The molecule has 0 unspecified atom stereocenters. The predicted octanol–water partition coefficient (Wildman–Crippen LogP) is 1.59. The quantitative estimate of drug-likeness (QED) is 0.496. The number of nitrogens with zero attached hydrogens (tertiary/aromatic N) is 5. The maximum atomic E-state index is 13.4. The van der Waals surface area contributed by atoms with Crippen molar-refractivity contribution >= 4 is 23.2 Å². The number of hydrogen-bond donors (Lipinski definition) is 1. The second kappa shape index (κ2) is 9.99. The Labute approximate surface area is 204 Å². The first kappa shape index (κ1) is 23.2. The zero-order valence-corrected chi connectivity index (χ0v) is 19.6. The molecule has 0 radical (unpaired) electrons. The van der Waals surface area contributed by atoms with Crippen LogP contribution in [0, 0.1) is 16.0 Å². The second-order valence-electron chi connectivity index (χ2n) is 9.54. The van der Waals surface area contributed by atoms with Gasteiger partial charge in [-0.1, -0.05) is 6.07 Å². The van der Waals surface area contributed by atoms with Crippen LogP contribution in [0.2, 0.25) is 0 Å². The van der Waals surface area contributed by atoms with E-state index >= 15 is 0 Å². The fraction of sp³-hybridized carbons (Fsp3) is 0.480. The van der Waals surface area contributed by atoms with Crippen LogP contribution in [-0.2, 0) is 22.6 Å². The third-order valence-corrected chi connectivity index (χ3v) is 7.33. The Balaban J connectivity index is 1.36. The highest BCUT2D eigenvalue weighted by Gasteiger charge is 2.42. The topological polar surface area (TPSA) is 112 Å². The lowest BCUT2D eigenvalue weighted by atomic mass is 9.83. The van der Waals surface area contributed by atoms with E-state index in [1.165, 1.54) is 6.07 Å². The SMILES string of the molecule is O=C(NCc1cccnc1)[C@@H]1Cc2cc([N+](=O)[O-])ccc2N2CCN(CC(=O)N3CCCC3)C[C@H]12. The van der Waals surface area contributed by atoms with Crippen molar-refractivity contribution in [3.05, 3.63) is 64.0 Å². The van der Waals surface area contributed by atoms with E-state index in [9.17, 15) is 19.7 Å². The number of benzene rings is 1. The monoisotopic (exact) mass is 478 g/mol. The molecule has 0 bridgehead atoms. The summed E-state index contributed by atoms with van der Waals surface area (Å²) in [5.74, 6) is -0.319. The predicted molar refractivity (Wildman–Crippen MR) is 130 cm³/mol. The Morgan fingerprint density at radius 1 is 1.14 bits per heavy atom. The molecular formula is C25H30N6O4. The van der Waals surface area contributed by atoms with Crippen molar-refractivity contribution in [3.8, 4) is 0 Å². The Morgan fingerprint density at radius 3 is 2.71 bits per heavy atom. The maximum absolute atomic E-state index is 13.4. The average Bonchev–Trinajstić information content (AvgIpc) is 3.42. The first-order chi connectivity index (χ1) is 17.0. The molecule has 1 N–H and O–H groups in total. The van der Waals surface area contributed by atoms with Crippen molar-refractivity contribution in [2.75, 3.05) is 44.2 Å². The number of piperazine rings is 1. The molecule has 0 aliphatic carbocycles. The van der Waals surface area contributed by atoms with Crippen molar-refractivity contribution < 1.29 is 14.5 Å². The number of likely N-dealkylation sites (tertiary alicyclic amines) is 1. The number of hydrogen-bond acceptors (Lipinski definition) is 7. The molecule has 2 aromatic rings. The molecule has 2 saturated heterocycles. The molecule has 2 fully saturated rings. The molecule has 10 heteroatoms. The molecule has 3 aliphatic rings. The third-order valence-electron chi connectivity index (χ3n) is 7.33. The van der Waals surface area contributed by atoms with Crippen molar-refractivity contribution in [2.45, 2.75) is 31.8 Å². The minimum absolute atomic E-state index is 0.0339. The molecule has 35 heavy (non-hydrogen) atoms. The van der Waals surface area contributed by atoms with Gasteiger partial charge in [-0.2, -0.15) is 0 Å². The molecule has 1 aromatic heterocycles. The van der Waals surface area contributed by atoms with E-state index in [0.717, 1.165) is 42.7 Å². The summed E-state index contributed by atoms with van der Waals surface area (Å²) in [5, 5.41) is 14.4. The van der Waals surface area contributed by atoms with Crippen LogP contribution in [0.5, 0.6) is 0 Å². The lowest BCUT2D eigenvalue weighted by Gasteiger charge is -2.49. The van der Waals surface area contributed by atoms with E-state index in [4.69, 9.17) is 0 Å². The number of nitro benzene ring substituents is 1. The van der Waals surface area contributed by atoms with Crippen LogP contribution in [0.3, 0.4) is 0 Å². The van der Waals surface area contributed by atoms with E-state index < -0.39 is 4.92 Å². The van der Waals surface area contributed by atoms with Crippen LogP contribution >= 0.6 is 0 Å². The summed E-state index contributed by atoms with van der Waals surface area (Å²) in [6.45, 7) is 4.35. The summed E-state index contributed by atoms with van der Waals surface area (Å²) in [6.07, 6.45) is 5.95. The number of aromatic nitrogens is 1. The number of carbonyl (C=O) groups excluding carboxylic acids is 2. The number of pyridine rings is 1. The highest BCUT2D eigenvalue weighted by atomic mass is 16.6. The average molecular weight is 479 g/mol. The van der Waals surface area contributed by atoms with E-state index in [0.29, 0.717) is 39.1 Å². The van der Waals surface area contributed by atoms with Gasteiger partial charge in [0.05, 0.1) is 23.4 Å². The summed E-state index contributed by atoms with van der Waals surface area (Å²) in [6, 6.07) is 8.55. The Hall–Kier alpha value is -3.53. The summed E-state index contributed by atoms with van der Waals surface area (Å²) in [4.78, 5) is 47.5. The van der Waals surface area contributed by atoms with Crippen molar-refractivity contribution in [3.63, 3.8) is 0 Å². The molecule has 2 atom stereocenters. The number of non-ortho nitro benzene ring substituents is 1. The second-order valence-corrected chi connectivity index (χ2v) is 9.54. The van der Waals surface area contributed by atoms with Crippen LogP contribution in [0.4, 0.5) is 11.4 Å². The minimum Gasteiger partial charge on any atom is -0.365 e. The number of nitro groups is 1. The molecule has 0 saturated carbocycles. The first-order valence-electron chi connectivity index (χ1n) is 12.2. The molecule has 1 aromatic carbocycles. The van der Waals surface area contributed by atoms with Gasteiger partial charge in [-0.25, -0.2) is 0 Å². The number of anilines is 1. The van der Waals surface area contributed by atoms with Crippen LogP contribution in [0.15, 0.2) is 42.7 Å². The van der Waals surface area contributed by atoms with E-state index in [1.54, 1.807) is 24.5 Å².